The number of carbonyl (C=O) groups is 1. The van der Waals surface area contributed by atoms with Gasteiger partial charge in [0.25, 0.3) is 0 Å². The molecule has 0 unspecified atom stereocenters. The van der Waals surface area contributed by atoms with Crippen LogP contribution in [0.25, 0.3) is 0 Å². The number of phenols is 1. The van der Waals surface area contributed by atoms with Gasteiger partial charge in [-0.3, -0.25) is 4.79 Å². The number of phenolic OH excluding ortho intramolecular Hbond substituents is 1. The Labute approximate surface area is 134 Å². The van der Waals surface area contributed by atoms with E-state index in [0.29, 0.717) is 10.9 Å². The van der Waals surface area contributed by atoms with Crippen molar-refractivity contribution in [1.82, 2.24) is 0 Å². The highest BCUT2D eigenvalue weighted by Crippen LogP contribution is 2.39. The Hall–Kier alpha value is -0.540. The van der Waals surface area contributed by atoms with Gasteiger partial charge in [-0.2, -0.15) is 0 Å². The summed E-state index contributed by atoms with van der Waals surface area (Å²) in [4.78, 5) is 12.4. The van der Waals surface area contributed by atoms with E-state index in [2.05, 4.69) is 50.5 Å². The lowest BCUT2D eigenvalue weighted by molar-refractivity contribution is 0.0895. The Morgan fingerprint density at radius 2 is 1.80 bits per heavy atom. The largest absolute Gasteiger partial charge is 0.506 e. The minimum Gasteiger partial charge on any atom is -0.506 e. The fourth-order valence-corrected chi connectivity index (χ4v) is 3.62. The van der Waals surface area contributed by atoms with E-state index in [1.54, 1.807) is 12.1 Å². The van der Waals surface area contributed by atoms with Gasteiger partial charge in [0.2, 0.25) is 0 Å². The molecule has 0 aromatic heterocycles. The molecule has 20 heavy (non-hydrogen) atoms. The summed E-state index contributed by atoms with van der Waals surface area (Å²) < 4.78 is 0.692. The first kappa shape index (κ1) is 17.5. The van der Waals surface area contributed by atoms with Gasteiger partial charge in [-0.05, 0) is 29.4 Å². The van der Waals surface area contributed by atoms with Crippen molar-refractivity contribution < 1.29 is 9.90 Å². The molecule has 0 radical (unpaired) electrons. The standard InChI is InChI=1S/C16H22BrClO2/c1-15(2,3)9-16(4,5)8-13(19)11-6-10(17)7-12(18)14(11)20/h6-7,20H,8-9H2,1-5H3. The van der Waals surface area contributed by atoms with Crippen molar-refractivity contribution in [2.24, 2.45) is 10.8 Å². The second-order valence-corrected chi connectivity index (χ2v) is 8.61. The zero-order valence-corrected chi connectivity index (χ0v) is 15.0. The molecule has 0 aliphatic carbocycles. The van der Waals surface area contributed by atoms with Crippen LogP contribution in [0.4, 0.5) is 0 Å². The maximum absolute atomic E-state index is 12.4. The van der Waals surface area contributed by atoms with E-state index >= 15 is 0 Å². The van der Waals surface area contributed by atoms with Crippen molar-refractivity contribution >= 4 is 33.3 Å². The van der Waals surface area contributed by atoms with Crippen LogP contribution < -0.4 is 0 Å². The quantitative estimate of drug-likeness (QED) is 0.684. The fraction of sp³-hybridized carbons (Fsp3) is 0.562. The molecule has 1 aromatic rings. The highest BCUT2D eigenvalue weighted by Gasteiger charge is 2.29. The zero-order valence-electron chi connectivity index (χ0n) is 12.7. The van der Waals surface area contributed by atoms with Gasteiger partial charge in [0.15, 0.2) is 5.78 Å². The zero-order chi connectivity index (χ0) is 15.7. The topological polar surface area (TPSA) is 37.3 Å². The molecule has 0 aliphatic heterocycles. The average molecular weight is 362 g/mol. The molecule has 0 saturated heterocycles. The van der Waals surface area contributed by atoms with Crippen LogP contribution in [0.5, 0.6) is 5.75 Å². The average Bonchev–Trinajstić information content (AvgIpc) is 2.18. The Bertz CT molecular complexity index is 516. The summed E-state index contributed by atoms with van der Waals surface area (Å²) in [5.41, 5.74) is 0.309. The highest BCUT2D eigenvalue weighted by atomic mass is 79.9. The lowest BCUT2D eigenvalue weighted by Crippen LogP contribution is -2.24. The molecule has 2 nitrogen and oxygen atoms in total. The van der Waals surface area contributed by atoms with Crippen LogP contribution in [0.15, 0.2) is 16.6 Å². The van der Waals surface area contributed by atoms with E-state index in [1.807, 2.05) is 0 Å². The van der Waals surface area contributed by atoms with Crippen LogP contribution in [0.3, 0.4) is 0 Å². The summed E-state index contributed by atoms with van der Waals surface area (Å²) in [6, 6.07) is 3.20. The smallest absolute Gasteiger partial charge is 0.167 e. The summed E-state index contributed by atoms with van der Waals surface area (Å²) in [5, 5.41) is 10.1. The van der Waals surface area contributed by atoms with E-state index in [1.165, 1.54) is 0 Å². The van der Waals surface area contributed by atoms with Crippen LogP contribution in [0, 0.1) is 10.8 Å². The Kier molecular flexibility index (Phi) is 5.31. The summed E-state index contributed by atoms with van der Waals surface area (Å²) in [7, 11) is 0. The number of ketones is 1. The van der Waals surface area contributed by atoms with Crippen LogP contribution >= 0.6 is 27.5 Å². The lowest BCUT2D eigenvalue weighted by Gasteiger charge is -2.32. The van der Waals surface area contributed by atoms with Crippen molar-refractivity contribution in [3.63, 3.8) is 0 Å². The second-order valence-electron chi connectivity index (χ2n) is 7.29. The molecular formula is C16H22BrClO2. The number of rotatable bonds is 4. The number of carbonyl (C=O) groups excluding carboxylic acids is 1. The van der Waals surface area contributed by atoms with Gasteiger partial charge in [-0.15, -0.1) is 0 Å². The van der Waals surface area contributed by atoms with Crippen molar-refractivity contribution in [3.8, 4) is 5.75 Å². The number of hydrogen-bond acceptors (Lipinski definition) is 2. The minimum atomic E-state index is -0.133. The summed E-state index contributed by atoms with van der Waals surface area (Å²) >= 11 is 9.20. The molecule has 0 atom stereocenters. The maximum Gasteiger partial charge on any atom is 0.167 e. The predicted octanol–water partition coefficient (Wildman–Crippen LogP) is 5.84. The van der Waals surface area contributed by atoms with Crippen molar-refractivity contribution in [2.75, 3.05) is 0 Å². The fourth-order valence-electron chi connectivity index (χ4n) is 2.81. The van der Waals surface area contributed by atoms with Gasteiger partial charge >= 0.3 is 0 Å². The third kappa shape index (κ3) is 5.10. The molecule has 1 aromatic carbocycles. The Morgan fingerprint density at radius 1 is 1.25 bits per heavy atom. The molecule has 1 N–H and O–H groups in total. The normalized spacial score (nSPS) is 12.6. The first-order valence-corrected chi connectivity index (χ1v) is 7.80. The molecule has 112 valence electrons. The van der Waals surface area contributed by atoms with E-state index in [0.717, 1.165) is 6.42 Å². The second kappa shape index (κ2) is 6.07. The van der Waals surface area contributed by atoms with Gasteiger partial charge < -0.3 is 5.11 Å². The first-order chi connectivity index (χ1) is 8.91. The third-order valence-corrected chi connectivity index (χ3v) is 3.72. The van der Waals surface area contributed by atoms with E-state index < -0.39 is 0 Å². The van der Waals surface area contributed by atoms with Gasteiger partial charge in [-0.25, -0.2) is 0 Å². The number of Topliss-reactive ketones (excluding diaryl/α,β-unsaturated/α-hetero) is 1. The number of aromatic hydroxyl groups is 1. The summed E-state index contributed by atoms with van der Waals surface area (Å²) in [6.45, 7) is 10.6. The van der Waals surface area contributed by atoms with Gasteiger partial charge in [-0.1, -0.05) is 62.1 Å². The number of benzene rings is 1. The first-order valence-electron chi connectivity index (χ1n) is 6.62. The van der Waals surface area contributed by atoms with Gasteiger partial charge in [0.05, 0.1) is 10.6 Å². The molecule has 0 saturated carbocycles. The van der Waals surface area contributed by atoms with Crippen molar-refractivity contribution in [1.29, 1.82) is 0 Å². The number of hydrogen-bond donors (Lipinski definition) is 1. The molecule has 0 fully saturated rings. The van der Waals surface area contributed by atoms with Crippen LogP contribution in [0.2, 0.25) is 5.02 Å². The highest BCUT2D eigenvalue weighted by molar-refractivity contribution is 9.10. The monoisotopic (exact) mass is 360 g/mol. The minimum absolute atomic E-state index is 0.0834. The van der Waals surface area contributed by atoms with Gasteiger partial charge in [0.1, 0.15) is 5.75 Å². The summed E-state index contributed by atoms with van der Waals surface area (Å²) in [5.74, 6) is -0.216. The van der Waals surface area contributed by atoms with E-state index in [-0.39, 0.29) is 32.9 Å². The van der Waals surface area contributed by atoms with E-state index in [4.69, 9.17) is 11.6 Å². The molecule has 0 amide bonds. The molecule has 0 spiro atoms. The molecule has 0 bridgehead atoms. The van der Waals surface area contributed by atoms with Crippen LogP contribution in [-0.4, -0.2) is 10.9 Å². The van der Waals surface area contributed by atoms with E-state index in [9.17, 15) is 9.90 Å². The lowest BCUT2D eigenvalue weighted by atomic mass is 9.73. The molecule has 1 rings (SSSR count). The van der Waals surface area contributed by atoms with Crippen molar-refractivity contribution in [3.05, 3.63) is 27.2 Å². The predicted molar refractivity (Wildman–Crippen MR) is 87.6 cm³/mol. The van der Waals surface area contributed by atoms with Crippen LogP contribution in [-0.2, 0) is 0 Å². The maximum atomic E-state index is 12.4. The van der Waals surface area contributed by atoms with Crippen LogP contribution in [0.1, 0.15) is 57.8 Å². The Morgan fingerprint density at radius 3 is 2.30 bits per heavy atom. The SMILES string of the molecule is CC(C)(C)CC(C)(C)CC(=O)c1cc(Br)cc(Cl)c1O. The van der Waals surface area contributed by atoms with Crippen molar-refractivity contribution in [2.45, 2.75) is 47.5 Å². The van der Waals surface area contributed by atoms with Gasteiger partial charge in [0, 0.05) is 10.9 Å². The third-order valence-electron chi connectivity index (χ3n) is 2.98. The molecule has 4 heteroatoms. The molecule has 0 aliphatic rings. The Balaban J connectivity index is 2.97. The number of halogens is 2. The summed E-state index contributed by atoms with van der Waals surface area (Å²) in [6.07, 6.45) is 1.30. The molecule has 0 heterocycles. The molecular weight excluding hydrogens is 340 g/mol.